The Labute approximate surface area is 84.9 Å². The van der Waals surface area contributed by atoms with Crippen LogP contribution < -0.4 is 11.0 Å². The molecular formula is C10H18N4. The summed E-state index contributed by atoms with van der Waals surface area (Å²) in [6, 6.07) is 0.267. The summed E-state index contributed by atoms with van der Waals surface area (Å²) < 4.78 is 0. The molecule has 0 aromatic rings. The Bertz CT molecular complexity index is 265. The van der Waals surface area contributed by atoms with Crippen LogP contribution in [-0.2, 0) is 0 Å². The molecule has 0 radical (unpaired) electrons. The highest BCUT2D eigenvalue weighted by Crippen LogP contribution is 2.16. The smallest absolute Gasteiger partial charge is 0.0841 e. The van der Waals surface area contributed by atoms with Gasteiger partial charge in [0.1, 0.15) is 0 Å². The van der Waals surface area contributed by atoms with Crippen LogP contribution in [0.2, 0.25) is 0 Å². The molecule has 0 saturated heterocycles. The Morgan fingerprint density at radius 2 is 2.36 bits per heavy atom. The highest BCUT2D eigenvalue weighted by atomic mass is 15.6. The van der Waals surface area contributed by atoms with Gasteiger partial charge < -0.3 is 5.41 Å². The lowest BCUT2D eigenvalue weighted by atomic mass is 9.93. The van der Waals surface area contributed by atoms with Crippen molar-refractivity contribution in [1.29, 1.82) is 5.41 Å². The molecule has 0 saturated carbocycles. The van der Waals surface area contributed by atoms with Crippen molar-refractivity contribution in [2.45, 2.75) is 33.2 Å². The van der Waals surface area contributed by atoms with Crippen molar-refractivity contribution in [3.63, 3.8) is 0 Å². The van der Waals surface area contributed by atoms with E-state index in [0.29, 0.717) is 5.92 Å². The maximum atomic E-state index is 7.12. The maximum Gasteiger partial charge on any atom is 0.0841 e. The second kappa shape index (κ2) is 4.91. The Morgan fingerprint density at radius 3 is 2.86 bits per heavy atom. The minimum Gasteiger partial charge on any atom is -0.309 e. The van der Waals surface area contributed by atoms with E-state index in [1.807, 2.05) is 6.08 Å². The van der Waals surface area contributed by atoms with Gasteiger partial charge in [-0.15, -0.1) is 0 Å². The van der Waals surface area contributed by atoms with Crippen LogP contribution >= 0.6 is 0 Å². The van der Waals surface area contributed by atoms with Crippen molar-refractivity contribution in [3.05, 3.63) is 11.6 Å². The first-order valence-corrected chi connectivity index (χ1v) is 4.99. The number of hydrazine groups is 1. The molecule has 1 heterocycles. The fourth-order valence-corrected chi connectivity index (χ4v) is 1.54. The Balaban J connectivity index is 2.88. The molecule has 0 aliphatic carbocycles. The summed E-state index contributed by atoms with van der Waals surface area (Å²) in [5, 5.41) is 11.3. The molecule has 14 heavy (non-hydrogen) atoms. The molecule has 0 aromatic carbocycles. The number of rotatable bonds is 4. The predicted molar refractivity (Wildman–Crippen MR) is 59.5 cm³/mol. The number of hydrazone groups is 1. The van der Waals surface area contributed by atoms with E-state index >= 15 is 0 Å². The van der Waals surface area contributed by atoms with Gasteiger partial charge in [-0.1, -0.05) is 20.8 Å². The van der Waals surface area contributed by atoms with Crippen molar-refractivity contribution in [1.82, 2.24) is 11.0 Å². The highest BCUT2D eigenvalue weighted by Gasteiger charge is 2.23. The monoisotopic (exact) mass is 194 g/mol. The van der Waals surface area contributed by atoms with Gasteiger partial charge in [-0.3, -0.25) is 0 Å². The molecule has 0 amide bonds. The third-order valence-corrected chi connectivity index (χ3v) is 2.33. The van der Waals surface area contributed by atoms with Gasteiger partial charge in [0.15, 0.2) is 0 Å². The largest absolute Gasteiger partial charge is 0.309 e. The zero-order chi connectivity index (χ0) is 10.6. The number of nitrogens with zero attached hydrogens (tertiary/aromatic N) is 1. The second-order valence-corrected chi connectivity index (χ2v) is 3.66. The third kappa shape index (κ3) is 2.20. The zero-order valence-electron chi connectivity index (χ0n) is 8.96. The average Bonchev–Trinajstić information content (AvgIpc) is 2.61. The van der Waals surface area contributed by atoms with E-state index in [1.165, 1.54) is 6.21 Å². The molecule has 1 rings (SSSR count). The molecule has 0 aromatic heterocycles. The van der Waals surface area contributed by atoms with Gasteiger partial charge in [-0.05, 0) is 24.0 Å². The van der Waals surface area contributed by atoms with Crippen molar-refractivity contribution in [3.8, 4) is 0 Å². The summed E-state index contributed by atoms with van der Waals surface area (Å²) >= 11 is 0. The lowest BCUT2D eigenvalue weighted by Gasteiger charge is -2.15. The highest BCUT2D eigenvalue weighted by molar-refractivity contribution is 6.06. The topological polar surface area (TPSA) is 60.3 Å². The average molecular weight is 194 g/mol. The fourth-order valence-electron chi connectivity index (χ4n) is 1.54. The molecule has 0 spiro atoms. The quantitative estimate of drug-likeness (QED) is 0.593. The SMILES string of the molecule is CCC1NNN=C1C(=CC=N)C(C)C. The third-order valence-electron chi connectivity index (χ3n) is 2.33. The van der Waals surface area contributed by atoms with E-state index in [9.17, 15) is 0 Å². The summed E-state index contributed by atoms with van der Waals surface area (Å²) in [4.78, 5) is 0. The van der Waals surface area contributed by atoms with Crippen molar-refractivity contribution < 1.29 is 0 Å². The van der Waals surface area contributed by atoms with Crippen molar-refractivity contribution in [2.75, 3.05) is 0 Å². The van der Waals surface area contributed by atoms with E-state index in [1.54, 1.807) is 0 Å². The first-order chi connectivity index (χ1) is 6.70. The van der Waals surface area contributed by atoms with E-state index in [4.69, 9.17) is 5.41 Å². The van der Waals surface area contributed by atoms with Gasteiger partial charge in [0.25, 0.3) is 0 Å². The van der Waals surface area contributed by atoms with Gasteiger partial charge in [-0.25, -0.2) is 11.0 Å². The van der Waals surface area contributed by atoms with Crippen LogP contribution in [0.25, 0.3) is 0 Å². The normalized spacial score (nSPS) is 22.1. The molecule has 1 aliphatic rings. The number of hydrogen-bond donors (Lipinski definition) is 3. The minimum absolute atomic E-state index is 0.267. The minimum atomic E-state index is 0.267. The number of nitrogens with one attached hydrogen (secondary N) is 3. The Morgan fingerprint density at radius 1 is 1.64 bits per heavy atom. The maximum absolute atomic E-state index is 7.12. The van der Waals surface area contributed by atoms with Crippen LogP contribution in [0.15, 0.2) is 16.8 Å². The fraction of sp³-hybridized carbons (Fsp3) is 0.600. The lowest BCUT2D eigenvalue weighted by Crippen LogP contribution is -2.35. The van der Waals surface area contributed by atoms with E-state index in [0.717, 1.165) is 17.7 Å². The molecule has 0 bridgehead atoms. The van der Waals surface area contributed by atoms with Crippen LogP contribution in [0.1, 0.15) is 27.2 Å². The first kappa shape index (κ1) is 10.9. The van der Waals surface area contributed by atoms with Gasteiger partial charge >= 0.3 is 0 Å². The van der Waals surface area contributed by atoms with Crippen molar-refractivity contribution >= 4 is 11.9 Å². The predicted octanol–water partition coefficient (Wildman–Crippen LogP) is 1.46. The lowest BCUT2D eigenvalue weighted by molar-refractivity contribution is 0.549. The molecular weight excluding hydrogens is 176 g/mol. The second-order valence-electron chi connectivity index (χ2n) is 3.66. The van der Waals surface area contributed by atoms with E-state index < -0.39 is 0 Å². The molecule has 3 N–H and O–H groups in total. The zero-order valence-corrected chi connectivity index (χ0v) is 8.96. The van der Waals surface area contributed by atoms with E-state index in [-0.39, 0.29) is 6.04 Å². The molecule has 1 atom stereocenters. The molecule has 4 nitrogen and oxygen atoms in total. The summed E-state index contributed by atoms with van der Waals surface area (Å²) in [7, 11) is 0. The molecule has 0 fully saturated rings. The van der Waals surface area contributed by atoms with Crippen LogP contribution in [0.5, 0.6) is 0 Å². The van der Waals surface area contributed by atoms with Gasteiger partial charge in [0.2, 0.25) is 0 Å². The Kier molecular flexibility index (Phi) is 3.83. The van der Waals surface area contributed by atoms with Gasteiger partial charge in [-0.2, -0.15) is 5.10 Å². The van der Waals surface area contributed by atoms with Gasteiger partial charge in [0, 0.05) is 6.21 Å². The Hall–Kier alpha value is -1.16. The van der Waals surface area contributed by atoms with Crippen LogP contribution in [0.3, 0.4) is 0 Å². The first-order valence-electron chi connectivity index (χ1n) is 4.99. The number of hydrogen-bond acceptors (Lipinski definition) is 4. The standard InChI is InChI=1S/C10H18N4/c1-4-9-10(13-14-12-9)8(5-6-11)7(2)3/h5-7,9,11-12,14H,4H2,1-3H3. The number of allylic oxidation sites excluding steroid dienone is 1. The molecule has 1 unspecified atom stereocenters. The van der Waals surface area contributed by atoms with Crippen LogP contribution in [0.4, 0.5) is 0 Å². The molecule has 78 valence electrons. The van der Waals surface area contributed by atoms with Crippen molar-refractivity contribution in [2.24, 2.45) is 11.0 Å². The van der Waals surface area contributed by atoms with Crippen LogP contribution in [-0.4, -0.2) is 18.0 Å². The van der Waals surface area contributed by atoms with E-state index in [2.05, 4.69) is 36.8 Å². The summed E-state index contributed by atoms with van der Waals surface area (Å²) in [6.45, 7) is 6.34. The summed E-state index contributed by atoms with van der Waals surface area (Å²) in [5.74, 6) is 0.395. The summed E-state index contributed by atoms with van der Waals surface area (Å²) in [5.41, 5.74) is 8.03. The molecule has 1 aliphatic heterocycles. The van der Waals surface area contributed by atoms with Crippen LogP contribution in [0, 0.1) is 11.3 Å². The van der Waals surface area contributed by atoms with Gasteiger partial charge in [0.05, 0.1) is 11.8 Å². The molecule has 4 heteroatoms. The summed E-state index contributed by atoms with van der Waals surface area (Å²) in [6.07, 6.45) is 4.14.